The summed E-state index contributed by atoms with van der Waals surface area (Å²) in [6.45, 7) is 0.571. The number of nitrogens with one attached hydrogen (secondary N) is 1. The highest BCUT2D eigenvalue weighted by molar-refractivity contribution is 5.81. The molecule has 1 amide bonds. The molecule has 0 saturated heterocycles. The number of halogens is 2. The molecule has 0 spiro atoms. The van der Waals surface area contributed by atoms with Crippen molar-refractivity contribution in [3.05, 3.63) is 54.1 Å². The van der Waals surface area contributed by atoms with E-state index in [0.717, 1.165) is 5.56 Å². The minimum Gasteiger partial charge on any atom is -0.497 e. The highest BCUT2D eigenvalue weighted by Crippen LogP contribution is 2.20. The second kappa shape index (κ2) is 9.03. The lowest BCUT2D eigenvalue weighted by Gasteiger charge is -2.19. The number of alkyl halides is 2. The van der Waals surface area contributed by atoms with E-state index in [-0.39, 0.29) is 17.7 Å². The molecule has 0 aromatic heterocycles. The quantitative estimate of drug-likeness (QED) is 0.770. The molecule has 26 heavy (non-hydrogen) atoms. The summed E-state index contributed by atoms with van der Waals surface area (Å²) in [6.07, 6.45) is -0.702. The summed E-state index contributed by atoms with van der Waals surface area (Å²) in [6, 6.07) is 12.7. The van der Waals surface area contributed by atoms with Gasteiger partial charge in [-0.25, -0.2) is 0 Å². The molecule has 1 N–H and O–H groups in total. The Hall–Kier alpha value is -2.83. The highest BCUT2D eigenvalue weighted by atomic mass is 19.3. The molecule has 140 valence electrons. The van der Waals surface area contributed by atoms with Gasteiger partial charge in [-0.05, 0) is 55.8 Å². The molecule has 0 aliphatic carbocycles. The van der Waals surface area contributed by atoms with Gasteiger partial charge >= 0.3 is 6.61 Å². The second-order valence-corrected chi connectivity index (χ2v) is 5.61. The van der Waals surface area contributed by atoms with Crippen molar-refractivity contribution < 1.29 is 27.8 Å². The average Bonchev–Trinajstić information content (AvgIpc) is 2.62. The Kier molecular flexibility index (Phi) is 6.77. The molecule has 0 radical (unpaired) electrons. The van der Waals surface area contributed by atoms with E-state index in [1.54, 1.807) is 57.4 Å². The van der Waals surface area contributed by atoms with Crippen molar-refractivity contribution in [1.29, 1.82) is 0 Å². The Morgan fingerprint density at radius 3 is 1.92 bits per heavy atom. The van der Waals surface area contributed by atoms with Gasteiger partial charge in [-0.2, -0.15) is 8.78 Å². The Morgan fingerprint density at radius 2 is 1.38 bits per heavy atom. The fourth-order valence-corrected chi connectivity index (χ4v) is 2.26. The first-order chi connectivity index (χ1) is 12.4. The number of rotatable bonds is 8. The van der Waals surface area contributed by atoms with Crippen molar-refractivity contribution >= 4 is 5.91 Å². The normalized spacial score (nSPS) is 13.0. The van der Waals surface area contributed by atoms with Crippen LogP contribution in [-0.4, -0.2) is 25.7 Å². The minimum absolute atomic E-state index is 0.0680. The van der Waals surface area contributed by atoms with E-state index in [0.29, 0.717) is 11.5 Å². The maximum atomic E-state index is 12.3. The van der Waals surface area contributed by atoms with Crippen molar-refractivity contribution in [1.82, 2.24) is 5.32 Å². The molecule has 0 aliphatic rings. The maximum absolute atomic E-state index is 12.3. The number of amides is 1. The van der Waals surface area contributed by atoms with Crippen LogP contribution in [0.3, 0.4) is 0 Å². The van der Waals surface area contributed by atoms with Crippen LogP contribution in [0.1, 0.15) is 25.5 Å². The summed E-state index contributed by atoms with van der Waals surface area (Å²) in [7, 11) is 1.57. The average molecular weight is 365 g/mol. The summed E-state index contributed by atoms with van der Waals surface area (Å²) in [4.78, 5) is 12.3. The number of methoxy groups -OCH3 is 1. The van der Waals surface area contributed by atoms with Crippen molar-refractivity contribution in [2.24, 2.45) is 0 Å². The number of carbonyl (C=O) groups excluding carboxylic acids is 1. The monoisotopic (exact) mass is 365 g/mol. The van der Waals surface area contributed by atoms with E-state index >= 15 is 0 Å². The van der Waals surface area contributed by atoms with Crippen LogP contribution in [0.5, 0.6) is 17.2 Å². The van der Waals surface area contributed by atoms with Crippen molar-refractivity contribution in [2.75, 3.05) is 7.11 Å². The Morgan fingerprint density at radius 1 is 0.885 bits per heavy atom. The van der Waals surface area contributed by atoms with Crippen molar-refractivity contribution in [2.45, 2.75) is 32.6 Å². The minimum atomic E-state index is -2.87. The third-order valence-corrected chi connectivity index (χ3v) is 3.71. The first-order valence-electron chi connectivity index (χ1n) is 8.05. The first-order valence-corrected chi connectivity index (χ1v) is 8.05. The second-order valence-electron chi connectivity index (χ2n) is 5.61. The Labute approximate surface area is 150 Å². The summed E-state index contributed by atoms with van der Waals surface area (Å²) >= 11 is 0. The predicted octanol–water partition coefficient (Wildman–Crippen LogP) is 3.94. The molecule has 2 aromatic rings. The largest absolute Gasteiger partial charge is 0.497 e. The van der Waals surface area contributed by atoms with Crippen LogP contribution in [0.4, 0.5) is 8.78 Å². The predicted molar refractivity (Wildman–Crippen MR) is 92.7 cm³/mol. The molecule has 2 aromatic carbocycles. The van der Waals surface area contributed by atoms with Gasteiger partial charge in [0.15, 0.2) is 6.10 Å². The van der Waals surface area contributed by atoms with Gasteiger partial charge in [0.2, 0.25) is 0 Å². The fraction of sp³-hybridized carbons (Fsp3) is 0.316. The smallest absolute Gasteiger partial charge is 0.387 e. The lowest BCUT2D eigenvalue weighted by atomic mass is 10.1. The molecule has 2 atom stereocenters. The van der Waals surface area contributed by atoms with Crippen molar-refractivity contribution in [3.63, 3.8) is 0 Å². The number of hydrogen-bond donors (Lipinski definition) is 1. The molecule has 0 bridgehead atoms. The lowest BCUT2D eigenvalue weighted by Crippen LogP contribution is -2.37. The summed E-state index contributed by atoms with van der Waals surface area (Å²) in [5, 5.41) is 2.82. The number of carbonyl (C=O) groups is 1. The molecule has 7 heteroatoms. The first kappa shape index (κ1) is 19.5. The molecule has 2 rings (SSSR count). The molecule has 5 nitrogen and oxygen atoms in total. The van der Waals surface area contributed by atoms with Gasteiger partial charge < -0.3 is 19.5 Å². The molecule has 0 aliphatic heterocycles. The van der Waals surface area contributed by atoms with Crippen LogP contribution in [0.2, 0.25) is 0 Å². The van der Waals surface area contributed by atoms with Gasteiger partial charge in [-0.15, -0.1) is 0 Å². The van der Waals surface area contributed by atoms with Gasteiger partial charge in [-0.3, -0.25) is 4.79 Å². The van der Waals surface area contributed by atoms with Gasteiger partial charge in [-0.1, -0.05) is 12.1 Å². The molecular weight excluding hydrogens is 344 g/mol. The summed E-state index contributed by atoms with van der Waals surface area (Å²) in [5.74, 6) is 1.02. The van der Waals surface area contributed by atoms with Gasteiger partial charge in [0.1, 0.15) is 17.2 Å². The Bertz CT molecular complexity index is 704. The van der Waals surface area contributed by atoms with E-state index in [4.69, 9.17) is 9.47 Å². The van der Waals surface area contributed by atoms with E-state index in [9.17, 15) is 13.6 Å². The van der Waals surface area contributed by atoms with Crippen LogP contribution in [0.15, 0.2) is 48.5 Å². The fourth-order valence-electron chi connectivity index (χ4n) is 2.26. The van der Waals surface area contributed by atoms with E-state index in [1.807, 2.05) is 0 Å². The Balaban J connectivity index is 1.90. The van der Waals surface area contributed by atoms with Gasteiger partial charge in [0, 0.05) is 0 Å². The maximum Gasteiger partial charge on any atom is 0.387 e. The molecule has 0 fully saturated rings. The van der Waals surface area contributed by atoms with Crippen LogP contribution in [0.25, 0.3) is 0 Å². The molecule has 0 heterocycles. The van der Waals surface area contributed by atoms with Crippen LogP contribution in [-0.2, 0) is 4.79 Å². The van der Waals surface area contributed by atoms with Crippen molar-refractivity contribution in [3.8, 4) is 17.2 Å². The number of hydrogen-bond acceptors (Lipinski definition) is 4. The molecule has 0 saturated carbocycles. The third kappa shape index (κ3) is 5.61. The third-order valence-electron chi connectivity index (χ3n) is 3.71. The van der Waals surface area contributed by atoms with E-state index in [2.05, 4.69) is 10.1 Å². The van der Waals surface area contributed by atoms with E-state index < -0.39 is 12.7 Å². The van der Waals surface area contributed by atoms with Crippen LogP contribution >= 0.6 is 0 Å². The topological polar surface area (TPSA) is 56.8 Å². The summed E-state index contributed by atoms with van der Waals surface area (Å²) < 4.78 is 39.3. The number of ether oxygens (including phenoxy) is 3. The van der Waals surface area contributed by atoms with Gasteiger partial charge in [0.05, 0.1) is 13.2 Å². The van der Waals surface area contributed by atoms with Gasteiger partial charge in [0.25, 0.3) is 5.91 Å². The van der Waals surface area contributed by atoms with Crippen LogP contribution in [0, 0.1) is 0 Å². The van der Waals surface area contributed by atoms with E-state index in [1.165, 1.54) is 12.1 Å². The zero-order valence-electron chi connectivity index (χ0n) is 14.7. The SMILES string of the molecule is COc1ccc(OC(C)C(=O)NC(C)c2ccc(OC(F)F)cc2)cc1. The lowest BCUT2D eigenvalue weighted by molar-refractivity contribution is -0.127. The zero-order valence-corrected chi connectivity index (χ0v) is 14.7. The zero-order chi connectivity index (χ0) is 19.1. The summed E-state index contributed by atoms with van der Waals surface area (Å²) in [5.41, 5.74) is 0.761. The molecular formula is C19H21F2NO4. The van der Waals surface area contributed by atoms with Crippen LogP contribution < -0.4 is 19.5 Å². The number of benzene rings is 2. The highest BCUT2D eigenvalue weighted by Gasteiger charge is 2.18. The standard InChI is InChI=1S/C19H21F2NO4/c1-12(14-4-6-17(7-5-14)26-19(20)21)22-18(23)13(2)25-16-10-8-15(24-3)9-11-16/h4-13,19H,1-3H3,(H,22,23). The molecule has 2 unspecified atom stereocenters.